The maximum absolute atomic E-state index is 11.4. The van der Waals surface area contributed by atoms with E-state index in [0.29, 0.717) is 11.4 Å². The number of carbonyl (C=O) groups is 2. The summed E-state index contributed by atoms with van der Waals surface area (Å²) in [5.41, 5.74) is 1.17. The second-order valence-electron chi connectivity index (χ2n) is 4.51. The number of carboxylic acids is 1. The largest absolute Gasteiger partial charge is 0.508 e. The first-order valence-corrected chi connectivity index (χ1v) is 6.48. The molecule has 0 unspecified atom stereocenters. The third-order valence-electron chi connectivity index (χ3n) is 2.83. The monoisotopic (exact) mass is 315 g/mol. The van der Waals surface area contributed by atoms with Gasteiger partial charge in [-0.1, -0.05) is 0 Å². The smallest absolute Gasteiger partial charge is 0.339 e. The van der Waals surface area contributed by atoms with Crippen molar-refractivity contribution in [3.8, 4) is 5.75 Å². The Morgan fingerprint density at radius 2 is 1.91 bits per heavy atom. The summed E-state index contributed by atoms with van der Waals surface area (Å²) in [5, 5.41) is 26.2. The zero-order chi connectivity index (χ0) is 16.8. The summed E-state index contributed by atoms with van der Waals surface area (Å²) in [5.74, 6) is -1.73. The van der Waals surface area contributed by atoms with Crippen molar-refractivity contribution in [1.29, 1.82) is 0 Å². The van der Waals surface area contributed by atoms with Gasteiger partial charge in [0.1, 0.15) is 11.4 Å². The van der Waals surface area contributed by atoms with Crippen molar-refractivity contribution in [2.24, 2.45) is 10.2 Å². The molecule has 0 radical (unpaired) electrons. The van der Waals surface area contributed by atoms with E-state index >= 15 is 0 Å². The maximum Gasteiger partial charge on any atom is 0.339 e. The molecular formula is C15H13N3O5. The minimum Gasteiger partial charge on any atom is -0.508 e. The SMILES string of the molecule is COC(=O)c1cncc(/N=N/c2ccc(O)c(CC(=O)O)c2)c1. The summed E-state index contributed by atoms with van der Waals surface area (Å²) in [4.78, 5) is 26.0. The van der Waals surface area contributed by atoms with Gasteiger partial charge in [-0.2, -0.15) is 5.11 Å². The maximum atomic E-state index is 11.4. The summed E-state index contributed by atoms with van der Waals surface area (Å²) in [7, 11) is 1.26. The van der Waals surface area contributed by atoms with Gasteiger partial charge in [0.25, 0.3) is 0 Å². The molecule has 118 valence electrons. The molecule has 2 N–H and O–H groups in total. The summed E-state index contributed by atoms with van der Waals surface area (Å²) in [6.07, 6.45) is 2.43. The fourth-order valence-electron chi connectivity index (χ4n) is 1.77. The Balaban J connectivity index is 2.23. The van der Waals surface area contributed by atoms with Crippen LogP contribution in [0.25, 0.3) is 0 Å². The lowest BCUT2D eigenvalue weighted by Gasteiger charge is -2.02. The molecule has 0 saturated carbocycles. The van der Waals surface area contributed by atoms with Crippen molar-refractivity contribution in [3.63, 3.8) is 0 Å². The van der Waals surface area contributed by atoms with Crippen LogP contribution < -0.4 is 0 Å². The molecule has 2 rings (SSSR count). The average Bonchev–Trinajstić information content (AvgIpc) is 2.54. The molecule has 0 atom stereocenters. The number of esters is 1. The summed E-state index contributed by atoms with van der Waals surface area (Å²) in [6.45, 7) is 0. The van der Waals surface area contributed by atoms with Crippen LogP contribution >= 0.6 is 0 Å². The van der Waals surface area contributed by atoms with Gasteiger partial charge in [0, 0.05) is 11.8 Å². The summed E-state index contributed by atoms with van der Waals surface area (Å²) >= 11 is 0. The Morgan fingerprint density at radius 1 is 1.17 bits per heavy atom. The zero-order valence-corrected chi connectivity index (χ0v) is 12.1. The Kier molecular flexibility index (Phi) is 4.98. The van der Waals surface area contributed by atoms with E-state index in [0.717, 1.165) is 0 Å². The fourth-order valence-corrected chi connectivity index (χ4v) is 1.77. The Hall–Kier alpha value is -3.29. The van der Waals surface area contributed by atoms with Gasteiger partial charge in [-0.15, -0.1) is 5.11 Å². The van der Waals surface area contributed by atoms with Crippen molar-refractivity contribution >= 4 is 23.3 Å². The van der Waals surface area contributed by atoms with Crippen LogP contribution in [0, 0.1) is 0 Å². The molecule has 0 spiro atoms. The number of rotatable bonds is 5. The van der Waals surface area contributed by atoms with E-state index in [1.54, 1.807) is 0 Å². The number of phenols is 1. The predicted molar refractivity (Wildman–Crippen MR) is 79.2 cm³/mol. The molecule has 8 heteroatoms. The van der Waals surface area contributed by atoms with Crippen LogP contribution in [-0.4, -0.2) is 34.2 Å². The fraction of sp³-hybridized carbons (Fsp3) is 0.133. The number of hydrogen-bond acceptors (Lipinski definition) is 7. The number of azo groups is 1. The molecule has 1 aromatic carbocycles. The Labute approximate surface area is 131 Å². The third kappa shape index (κ3) is 4.34. The lowest BCUT2D eigenvalue weighted by molar-refractivity contribution is -0.136. The molecule has 0 aliphatic heterocycles. The average molecular weight is 315 g/mol. The first-order chi connectivity index (χ1) is 11.0. The predicted octanol–water partition coefficient (Wildman–Crippen LogP) is 2.62. The van der Waals surface area contributed by atoms with Crippen molar-refractivity contribution < 1.29 is 24.5 Å². The van der Waals surface area contributed by atoms with Crippen molar-refractivity contribution in [2.45, 2.75) is 6.42 Å². The summed E-state index contributed by atoms with van der Waals surface area (Å²) < 4.78 is 4.59. The number of carbonyl (C=O) groups excluding carboxylic acids is 1. The third-order valence-corrected chi connectivity index (χ3v) is 2.83. The van der Waals surface area contributed by atoms with E-state index < -0.39 is 11.9 Å². The van der Waals surface area contributed by atoms with E-state index in [1.807, 2.05) is 0 Å². The number of phenolic OH excluding ortho intramolecular Hbond substituents is 1. The highest BCUT2D eigenvalue weighted by Gasteiger charge is 2.08. The van der Waals surface area contributed by atoms with Gasteiger partial charge in [0.05, 0.1) is 31.0 Å². The van der Waals surface area contributed by atoms with Gasteiger partial charge in [0.15, 0.2) is 0 Å². The molecule has 8 nitrogen and oxygen atoms in total. The molecule has 0 saturated heterocycles. The van der Waals surface area contributed by atoms with Gasteiger partial charge in [-0.25, -0.2) is 4.79 Å². The molecule has 1 heterocycles. The highest BCUT2D eigenvalue weighted by atomic mass is 16.5. The molecule has 1 aromatic heterocycles. The lowest BCUT2D eigenvalue weighted by Crippen LogP contribution is -2.00. The molecule has 0 aliphatic carbocycles. The number of benzene rings is 1. The molecular weight excluding hydrogens is 302 g/mol. The van der Waals surface area contributed by atoms with E-state index in [-0.39, 0.29) is 23.3 Å². The first kappa shape index (κ1) is 16.1. The quantitative estimate of drug-likeness (QED) is 0.646. The molecule has 0 amide bonds. The number of hydrogen-bond donors (Lipinski definition) is 2. The van der Waals surface area contributed by atoms with Gasteiger partial charge in [-0.3, -0.25) is 9.78 Å². The van der Waals surface area contributed by atoms with E-state index in [2.05, 4.69) is 19.9 Å². The van der Waals surface area contributed by atoms with Gasteiger partial charge >= 0.3 is 11.9 Å². The lowest BCUT2D eigenvalue weighted by atomic mass is 10.1. The number of methoxy groups -OCH3 is 1. The van der Waals surface area contributed by atoms with Crippen LogP contribution in [0.2, 0.25) is 0 Å². The number of ether oxygens (including phenoxy) is 1. The summed E-state index contributed by atoms with van der Waals surface area (Å²) in [6, 6.07) is 5.71. The second-order valence-corrected chi connectivity index (χ2v) is 4.51. The molecule has 23 heavy (non-hydrogen) atoms. The van der Waals surface area contributed by atoms with E-state index in [4.69, 9.17) is 5.11 Å². The van der Waals surface area contributed by atoms with Gasteiger partial charge < -0.3 is 14.9 Å². The van der Waals surface area contributed by atoms with Crippen molar-refractivity contribution in [3.05, 3.63) is 47.8 Å². The number of pyridine rings is 1. The standard InChI is InChI=1S/C15H13N3O5/c1-23-15(22)10-5-12(8-16-7-10)18-17-11-2-3-13(19)9(4-11)6-14(20)21/h2-5,7-8,19H,6H2,1H3,(H,20,21)/b18-17+. The molecule has 0 fully saturated rings. The topological polar surface area (TPSA) is 121 Å². The van der Waals surface area contributed by atoms with Crippen LogP contribution in [0.15, 0.2) is 46.9 Å². The number of aliphatic carboxylic acids is 1. The highest BCUT2D eigenvalue weighted by Crippen LogP contribution is 2.25. The van der Waals surface area contributed by atoms with Crippen molar-refractivity contribution in [2.75, 3.05) is 7.11 Å². The van der Waals surface area contributed by atoms with Gasteiger partial charge in [0.2, 0.25) is 0 Å². The number of aromatic hydroxyl groups is 1. The van der Waals surface area contributed by atoms with Crippen molar-refractivity contribution in [1.82, 2.24) is 4.98 Å². The van der Waals surface area contributed by atoms with Crippen LogP contribution in [0.1, 0.15) is 15.9 Å². The Morgan fingerprint density at radius 3 is 2.61 bits per heavy atom. The van der Waals surface area contributed by atoms with Gasteiger partial charge in [-0.05, 0) is 24.3 Å². The number of nitrogens with zero attached hydrogens (tertiary/aromatic N) is 3. The molecule has 0 aliphatic rings. The van der Waals surface area contributed by atoms with E-state index in [1.165, 1.54) is 43.8 Å². The minimum atomic E-state index is -1.07. The first-order valence-electron chi connectivity index (χ1n) is 6.48. The Bertz CT molecular complexity index is 773. The molecule has 0 bridgehead atoms. The highest BCUT2D eigenvalue weighted by molar-refractivity contribution is 5.89. The normalized spacial score (nSPS) is 10.7. The number of aromatic nitrogens is 1. The number of carboxylic acid groups (broad SMARTS) is 1. The van der Waals surface area contributed by atoms with Crippen LogP contribution in [0.4, 0.5) is 11.4 Å². The minimum absolute atomic E-state index is 0.124. The molecule has 2 aromatic rings. The van der Waals surface area contributed by atoms with Crippen LogP contribution in [0.5, 0.6) is 5.75 Å². The zero-order valence-electron chi connectivity index (χ0n) is 12.1. The van der Waals surface area contributed by atoms with E-state index in [9.17, 15) is 14.7 Å². The van der Waals surface area contributed by atoms with Crippen LogP contribution in [0.3, 0.4) is 0 Å². The second kappa shape index (κ2) is 7.12. The van der Waals surface area contributed by atoms with Crippen LogP contribution in [-0.2, 0) is 16.0 Å².